The highest BCUT2D eigenvalue weighted by atomic mass is 19.1. The van der Waals surface area contributed by atoms with E-state index < -0.39 is 17.5 Å². The Labute approximate surface area is 164 Å². The van der Waals surface area contributed by atoms with Crippen LogP contribution in [-0.4, -0.2) is 53.1 Å². The van der Waals surface area contributed by atoms with Crippen LogP contribution in [0, 0.1) is 17.7 Å². The summed E-state index contributed by atoms with van der Waals surface area (Å²) in [6.07, 6.45) is 4.44. The van der Waals surface area contributed by atoms with Crippen molar-refractivity contribution in [2.45, 2.75) is 56.6 Å². The van der Waals surface area contributed by atoms with Crippen LogP contribution in [0.15, 0.2) is 24.3 Å². The number of ether oxygens (including phenoxy) is 1. The van der Waals surface area contributed by atoms with Gasteiger partial charge in [0.2, 0.25) is 0 Å². The summed E-state index contributed by atoms with van der Waals surface area (Å²) in [5.41, 5.74) is 0.285. The molecule has 0 aromatic heterocycles. The van der Waals surface area contributed by atoms with Crippen LogP contribution in [0.4, 0.5) is 4.39 Å². The first-order valence-electron chi connectivity index (χ1n) is 10.3. The van der Waals surface area contributed by atoms with Gasteiger partial charge in [-0.3, -0.25) is 14.5 Å². The van der Waals surface area contributed by atoms with Gasteiger partial charge in [-0.2, -0.15) is 0 Å². The first kappa shape index (κ1) is 19.5. The zero-order valence-electron chi connectivity index (χ0n) is 16.3. The monoisotopic (exact) mass is 389 g/mol. The van der Waals surface area contributed by atoms with E-state index >= 15 is 0 Å². The van der Waals surface area contributed by atoms with Gasteiger partial charge in [0.05, 0.1) is 12.5 Å². The highest BCUT2D eigenvalue weighted by molar-refractivity contribution is 5.86. The van der Waals surface area contributed by atoms with E-state index in [0.717, 1.165) is 44.2 Å². The van der Waals surface area contributed by atoms with Crippen molar-refractivity contribution in [3.8, 4) is 0 Å². The number of carbonyl (C=O) groups excluding carboxylic acids is 1. The van der Waals surface area contributed by atoms with Crippen molar-refractivity contribution in [3.05, 3.63) is 35.6 Å². The van der Waals surface area contributed by atoms with E-state index in [-0.39, 0.29) is 23.6 Å². The van der Waals surface area contributed by atoms with Crippen LogP contribution in [0.25, 0.3) is 0 Å². The second kappa shape index (κ2) is 7.56. The molecule has 6 heteroatoms. The number of piperidine rings is 1. The molecule has 152 valence electrons. The molecule has 5 nitrogen and oxygen atoms in total. The summed E-state index contributed by atoms with van der Waals surface area (Å²) < 4.78 is 19.4. The topological polar surface area (TPSA) is 66.8 Å². The number of Topliss-reactive ketones (excluding diaryl/α,β-unsaturated/α-hetero) is 1. The minimum atomic E-state index is -0.813. The molecule has 1 saturated carbocycles. The third-order valence-corrected chi connectivity index (χ3v) is 6.99. The number of likely N-dealkylation sites (tertiary alicyclic amines) is 1. The van der Waals surface area contributed by atoms with Crippen LogP contribution in [0.2, 0.25) is 0 Å². The van der Waals surface area contributed by atoms with Crippen molar-refractivity contribution in [1.29, 1.82) is 0 Å². The molecule has 3 aliphatic rings. The molecule has 1 aliphatic carbocycles. The molecule has 1 aromatic rings. The second-order valence-corrected chi connectivity index (χ2v) is 8.61. The molecule has 0 amide bonds. The van der Waals surface area contributed by atoms with Gasteiger partial charge >= 0.3 is 5.97 Å². The standard InChI is InChI=1S/C22H28FNO4/c1-14(25)22(16-4-5-16)10-8-18(13-28-22)24-11-9-19(20(12-24)21(26)27)15-2-6-17(23)7-3-15/h2-3,6-7,16,18-20H,4-5,8-13H2,1H3,(H,26,27)/t18?,19-,20?,22+/m0/s1. The molecule has 4 atom stereocenters. The quantitative estimate of drug-likeness (QED) is 0.838. The molecule has 3 fully saturated rings. The van der Waals surface area contributed by atoms with E-state index in [2.05, 4.69) is 4.90 Å². The molecular weight excluding hydrogens is 361 g/mol. The molecule has 2 unspecified atom stereocenters. The molecule has 2 aliphatic heterocycles. The largest absolute Gasteiger partial charge is 0.481 e. The Morgan fingerprint density at radius 1 is 1.18 bits per heavy atom. The van der Waals surface area contributed by atoms with Crippen molar-refractivity contribution < 1.29 is 23.8 Å². The maximum absolute atomic E-state index is 13.2. The molecule has 1 N–H and O–H groups in total. The average molecular weight is 389 g/mol. The Kier molecular flexibility index (Phi) is 5.27. The number of aliphatic carboxylic acids is 1. The number of hydrogen-bond donors (Lipinski definition) is 1. The lowest BCUT2D eigenvalue weighted by Gasteiger charge is -2.46. The van der Waals surface area contributed by atoms with Crippen LogP contribution in [0.5, 0.6) is 0 Å². The van der Waals surface area contributed by atoms with Crippen molar-refractivity contribution in [2.75, 3.05) is 19.7 Å². The Balaban J connectivity index is 1.43. The van der Waals surface area contributed by atoms with Gasteiger partial charge in [-0.05, 0) is 75.1 Å². The number of carboxylic acids is 1. The summed E-state index contributed by atoms with van der Waals surface area (Å²) in [5.74, 6) is -1.26. The summed E-state index contributed by atoms with van der Waals surface area (Å²) in [7, 11) is 0. The van der Waals surface area contributed by atoms with Gasteiger partial charge in [0, 0.05) is 12.6 Å². The number of carboxylic acid groups (broad SMARTS) is 1. The lowest BCUT2D eigenvalue weighted by Crippen LogP contribution is -2.55. The molecule has 0 bridgehead atoms. The van der Waals surface area contributed by atoms with Crippen LogP contribution in [-0.2, 0) is 14.3 Å². The predicted octanol–water partition coefficient (Wildman–Crippen LogP) is 3.23. The number of halogens is 1. The molecule has 1 aromatic carbocycles. The smallest absolute Gasteiger partial charge is 0.308 e. The maximum Gasteiger partial charge on any atom is 0.308 e. The lowest BCUT2D eigenvalue weighted by atomic mass is 9.79. The molecular formula is C22H28FNO4. The summed E-state index contributed by atoms with van der Waals surface area (Å²) in [6.45, 7) is 3.37. The summed E-state index contributed by atoms with van der Waals surface area (Å²) in [4.78, 5) is 26.4. The highest BCUT2D eigenvalue weighted by Gasteiger charge is 2.52. The summed E-state index contributed by atoms with van der Waals surface area (Å²) in [5, 5.41) is 9.80. The number of hydrogen-bond acceptors (Lipinski definition) is 4. The molecule has 2 heterocycles. The Morgan fingerprint density at radius 2 is 1.89 bits per heavy atom. The SMILES string of the molecule is CC(=O)[C@@]1(C2CC2)CCC(N2CC[C@@H](c3ccc(F)cc3)C(C(=O)O)C2)CO1. The lowest BCUT2D eigenvalue weighted by molar-refractivity contribution is -0.162. The van der Waals surface area contributed by atoms with E-state index in [1.54, 1.807) is 19.1 Å². The predicted molar refractivity (Wildman–Crippen MR) is 102 cm³/mol. The number of carbonyl (C=O) groups is 2. The first-order valence-corrected chi connectivity index (χ1v) is 10.3. The maximum atomic E-state index is 13.2. The third-order valence-electron chi connectivity index (χ3n) is 6.99. The highest BCUT2D eigenvalue weighted by Crippen LogP contribution is 2.47. The van der Waals surface area contributed by atoms with Gasteiger partial charge in [0.15, 0.2) is 5.78 Å². The van der Waals surface area contributed by atoms with E-state index in [1.807, 2.05) is 0 Å². The molecule has 0 radical (unpaired) electrons. The van der Waals surface area contributed by atoms with Crippen LogP contribution in [0.3, 0.4) is 0 Å². The third kappa shape index (κ3) is 3.60. The Hall–Kier alpha value is -1.79. The van der Waals surface area contributed by atoms with Crippen molar-refractivity contribution in [3.63, 3.8) is 0 Å². The Morgan fingerprint density at radius 3 is 2.43 bits per heavy atom. The van der Waals surface area contributed by atoms with Gasteiger partial charge in [-0.15, -0.1) is 0 Å². The fraction of sp³-hybridized carbons (Fsp3) is 0.636. The van der Waals surface area contributed by atoms with Gasteiger partial charge in [0.25, 0.3) is 0 Å². The number of ketones is 1. The van der Waals surface area contributed by atoms with Gasteiger partial charge in [-0.25, -0.2) is 4.39 Å². The van der Waals surface area contributed by atoms with Crippen molar-refractivity contribution >= 4 is 11.8 Å². The van der Waals surface area contributed by atoms with Crippen LogP contribution in [0.1, 0.15) is 50.5 Å². The Bertz CT molecular complexity index is 737. The molecule has 28 heavy (non-hydrogen) atoms. The van der Waals surface area contributed by atoms with Crippen molar-refractivity contribution in [1.82, 2.24) is 4.90 Å². The number of benzene rings is 1. The zero-order chi connectivity index (χ0) is 19.9. The van der Waals surface area contributed by atoms with Gasteiger partial charge in [0.1, 0.15) is 11.4 Å². The van der Waals surface area contributed by atoms with E-state index in [4.69, 9.17) is 4.74 Å². The summed E-state index contributed by atoms with van der Waals surface area (Å²) in [6, 6.07) is 6.35. The average Bonchev–Trinajstić information content (AvgIpc) is 3.54. The van der Waals surface area contributed by atoms with E-state index in [1.165, 1.54) is 12.1 Å². The normalized spacial score (nSPS) is 34.1. The fourth-order valence-corrected chi connectivity index (χ4v) is 5.17. The minimum absolute atomic E-state index is 0.110. The van der Waals surface area contributed by atoms with Crippen LogP contribution < -0.4 is 0 Å². The molecule has 2 saturated heterocycles. The first-order chi connectivity index (χ1) is 13.4. The zero-order valence-corrected chi connectivity index (χ0v) is 16.3. The van der Waals surface area contributed by atoms with Crippen LogP contribution >= 0.6 is 0 Å². The van der Waals surface area contributed by atoms with E-state index in [0.29, 0.717) is 19.1 Å². The fourth-order valence-electron chi connectivity index (χ4n) is 5.17. The number of rotatable bonds is 5. The minimum Gasteiger partial charge on any atom is -0.481 e. The molecule has 0 spiro atoms. The second-order valence-electron chi connectivity index (χ2n) is 8.61. The van der Waals surface area contributed by atoms with E-state index in [9.17, 15) is 19.1 Å². The summed E-state index contributed by atoms with van der Waals surface area (Å²) >= 11 is 0. The van der Waals surface area contributed by atoms with Gasteiger partial charge < -0.3 is 9.84 Å². The molecule has 4 rings (SSSR count). The number of nitrogens with zero attached hydrogens (tertiary/aromatic N) is 1. The van der Waals surface area contributed by atoms with Gasteiger partial charge in [-0.1, -0.05) is 12.1 Å². The van der Waals surface area contributed by atoms with Crippen molar-refractivity contribution in [2.24, 2.45) is 11.8 Å².